The summed E-state index contributed by atoms with van der Waals surface area (Å²) in [4.78, 5) is 6.21. The molecule has 5 rings (SSSR count). The van der Waals surface area contributed by atoms with Crippen molar-refractivity contribution in [3.05, 3.63) is 53.9 Å². The molecule has 0 amide bonds. The number of hydrogen-bond acceptors (Lipinski definition) is 2. The van der Waals surface area contributed by atoms with Crippen molar-refractivity contribution in [2.24, 2.45) is 0 Å². The summed E-state index contributed by atoms with van der Waals surface area (Å²) in [5, 5.41) is 3.88. The van der Waals surface area contributed by atoms with Crippen LogP contribution in [0.5, 0.6) is 0 Å². The maximum Gasteiger partial charge on any atom is 0.145 e. The molecule has 3 heteroatoms. The molecule has 0 N–H and O–H groups in total. The second-order valence-corrected chi connectivity index (χ2v) is 6.31. The number of pyridine rings is 1. The summed E-state index contributed by atoms with van der Waals surface area (Å²) in [5.74, 6) is 1.01. The first-order chi connectivity index (χ1) is 9.84. The Labute approximate surface area is 120 Å². The summed E-state index contributed by atoms with van der Waals surface area (Å²) in [6.07, 6.45) is 0. The van der Waals surface area contributed by atoms with E-state index in [0.29, 0.717) is 0 Å². The van der Waals surface area contributed by atoms with Crippen molar-refractivity contribution in [1.82, 2.24) is 9.38 Å². The molecule has 0 unspecified atom stereocenters. The van der Waals surface area contributed by atoms with E-state index in [1.807, 2.05) is 11.8 Å². The lowest BCUT2D eigenvalue weighted by Gasteiger charge is -2.17. The Hall–Kier alpha value is -2.00. The summed E-state index contributed by atoms with van der Waals surface area (Å²) in [5.41, 5.74) is 4.94. The second-order valence-electron chi connectivity index (χ2n) is 5.29. The van der Waals surface area contributed by atoms with Crippen LogP contribution in [0.3, 0.4) is 0 Å². The molecule has 2 aromatic carbocycles. The minimum atomic E-state index is 1.01. The van der Waals surface area contributed by atoms with Crippen molar-refractivity contribution in [2.75, 3.05) is 0 Å². The molecule has 0 spiro atoms. The van der Waals surface area contributed by atoms with Gasteiger partial charge in [0.15, 0.2) is 0 Å². The molecular formula is C17H12N2S. The monoisotopic (exact) mass is 276 g/mol. The molecule has 1 aliphatic heterocycles. The largest absolute Gasteiger partial charge is 0.294 e. The Balaban J connectivity index is 2.26. The topological polar surface area (TPSA) is 17.3 Å². The van der Waals surface area contributed by atoms with Crippen LogP contribution >= 0.6 is 11.8 Å². The zero-order valence-corrected chi connectivity index (χ0v) is 11.9. The van der Waals surface area contributed by atoms with E-state index in [1.54, 1.807) is 0 Å². The van der Waals surface area contributed by atoms with Crippen molar-refractivity contribution in [1.29, 1.82) is 0 Å². The van der Waals surface area contributed by atoms with Gasteiger partial charge in [0.25, 0.3) is 0 Å². The molecule has 96 valence electrons. The zero-order valence-electron chi connectivity index (χ0n) is 11.1. The van der Waals surface area contributed by atoms with Crippen molar-refractivity contribution < 1.29 is 0 Å². The smallest absolute Gasteiger partial charge is 0.145 e. The van der Waals surface area contributed by atoms with Crippen LogP contribution in [-0.4, -0.2) is 9.38 Å². The fourth-order valence-electron chi connectivity index (χ4n) is 3.30. The Morgan fingerprint density at radius 3 is 2.70 bits per heavy atom. The maximum atomic E-state index is 4.85. The molecule has 0 atom stereocenters. The van der Waals surface area contributed by atoms with E-state index in [9.17, 15) is 0 Å². The van der Waals surface area contributed by atoms with E-state index in [4.69, 9.17) is 4.98 Å². The summed E-state index contributed by atoms with van der Waals surface area (Å²) >= 11 is 1.92. The molecule has 20 heavy (non-hydrogen) atoms. The second kappa shape index (κ2) is 3.55. The van der Waals surface area contributed by atoms with Crippen LogP contribution in [0, 0.1) is 6.92 Å². The van der Waals surface area contributed by atoms with Gasteiger partial charge in [-0.1, -0.05) is 36.4 Å². The highest BCUT2D eigenvalue weighted by atomic mass is 32.2. The highest BCUT2D eigenvalue weighted by molar-refractivity contribution is 7.98. The Morgan fingerprint density at radius 1 is 1.00 bits per heavy atom. The van der Waals surface area contributed by atoms with Gasteiger partial charge in [-0.05, 0) is 18.4 Å². The Bertz CT molecular complexity index is 1010. The molecule has 2 aromatic heterocycles. The minimum absolute atomic E-state index is 1.01. The van der Waals surface area contributed by atoms with E-state index < -0.39 is 0 Å². The zero-order chi connectivity index (χ0) is 13.3. The molecule has 0 fully saturated rings. The minimum Gasteiger partial charge on any atom is -0.294 e. The van der Waals surface area contributed by atoms with E-state index in [0.717, 1.165) is 17.1 Å². The number of thioether (sulfide) groups is 1. The van der Waals surface area contributed by atoms with E-state index >= 15 is 0 Å². The third-order valence-electron chi connectivity index (χ3n) is 4.22. The first-order valence-corrected chi connectivity index (χ1v) is 7.77. The van der Waals surface area contributed by atoms with Gasteiger partial charge in [-0.2, -0.15) is 0 Å². The van der Waals surface area contributed by atoms with Crippen LogP contribution in [0.4, 0.5) is 0 Å². The SMILES string of the molecule is Cc1nc2c3ccccc3c3cccc4c3n2c1CS4. The predicted octanol–water partition coefficient (Wildman–Crippen LogP) is 4.55. The number of aryl methyl sites for hydroxylation is 1. The predicted molar refractivity (Wildman–Crippen MR) is 84.5 cm³/mol. The van der Waals surface area contributed by atoms with Gasteiger partial charge < -0.3 is 0 Å². The first kappa shape index (κ1) is 10.7. The number of nitrogens with zero attached hydrogens (tertiary/aromatic N) is 2. The number of para-hydroxylation sites is 1. The van der Waals surface area contributed by atoms with Crippen molar-refractivity contribution in [3.63, 3.8) is 0 Å². The quantitative estimate of drug-likeness (QED) is 0.438. The number of rotatable bonds is 0. The standard InChI is InChI=1S/C17H12N2S/c1-10-14-9-20-15-8-4-7-12-11-5-2-3-6-13(11)17(18-10)19(14)16(12)15/h2-8H,9H2,1H3. The van der Waals surface area contributed by atoms with Gasteiger partial charge in [-0.25, -0.2) is 4.98 Å². The van der Waals surface area contributed by atoms with Crippen LogP contribution in [0.1, 0.15) is 11.4 Å². The average molecular weight is 276 g/mol. The third kappa shape index (κ3) is 1.15. The summed E-state index contributed by atoms with van der Waals surface area (Å²) in [7, 11) is 0. The van der Waals surface area contributed by atoms with E-state index in [1.165, 1.54) is 32.3 Å². The molecule has 0 saturated heterocycles. The Kier molecular flexibility index (Phi) is 1.91. The molecule has 0 saturated carbocycles. The number of hydrogen-bond donors (Lipinski definition) is 0. The van der Waals surface area contributed by atoms with Crippen LogP contribution < -0.4 is 0 Å². The number of benzene rings is 2. The van der Waals surface area contributed by atoms with Gasteiger partial charge in [0, 0.05) is 21.4 Å². The van der Waals surface area contributed by atoms with Gasteiger partial charge in [0.2, 0.25) is 0 Å². The van der Waals surface area contributed by atoms with Gasteiger partial charge in [-0.3, -0.25) is 4.40 Å². The average Bonchev–Trinajstić information content (AvgIpc) is 2.84. The maximum absolute atomic E-state index is 4.85. The lowest BCUT2D eigenvalue weighted by Crippen LogP contribution is -2.01. The first-order valence-electron chi connectivity index (χ1n) is 6.79. The van der Waals surface area contributed by atoms with Crippen LogP contribution in [0.25, 0.3) is 27.3 Å². The molecule has 0 aliphatic carbocycles. The molecule has 4 aromatic rings. The van der Waals surface area contributed by atoms with Gasteiger partial charge in [0.05, 0.1) is 16.9 Å². The van der Waals surface area contributed by atoms with Crippen LogP contribution in [-0.2, 0) is 5.75 Å². The van der Waals surface area contributed by atoms with E-state index in [2.05, 4.69) is 53.8 Å². The normalized spacial score (nSPS) is 13.8. The highest BCUT2D eigenvalue weighted by Gasteiger charge is 2.21. The number of fused-ring (bicyclic) bond motifs is 3. The lowest BCUT2D eigenvalue weighted by molar-refractivity contribution is 1.09. The molecular weight excluding hydrogens is 264 g/mol. The molecule has 3 heterocycles. The van der Waals surface area contributed by atoms with Crippen LogP contribution in [0.2, 0.25) is 0 Å². The molecule has 2 nitrogen and oxygen atoms in total. The van der Waals surface area contributed by atoms with Crippen LogP contribution in [0.15, 0.2) is 47.4 Å². The van der Waals surface area contributed by atoms with Crippen molar-refractivity contribution in [3.8, 4) is 0 Å². The third-order valence-corrected chi connectivity index (χ3v) is 5.28. The summed E-state index contributed by atoms with van der Waals surface area (Å²) in [6, 6.07) is 15.2. The number of imidazole rings is 1. The fourth-order valence-corrected chi connectivity index (χ4v) is 4.44. The lowest BCUT2D eigenvalue weighted by atomic mass is 10.1. The molecule has 0 bridgehead atoms. The summed E-state index contributed by atoms with van der Waals surface area (Å²) < 4.78 is 2.37. The fraction of sp³-hybridized carbons (Fsp3) is 0.118. The van der Waals surface area contributed by atoms with Crippen molar-refractivity contribution >= 4 is 39.1 Å². The number of aromatic nitrogens is 2. The van der Waals surface area contributed by atoms with E-state index in [-0.39, 0.29) is 0 Å². The van der Waals surface area contributed by atoms with Gasteiger partial charge in [0.1, 0.15) is 5.65 Å². The van der Waals surface area contributed by atoms with Crippen molar-refractivity contribution in [2.45, 2.75) is 17.6 Å². The Morgan fingerprint density at radius 2 is 1.80 bits per heavy atom. The summed E-state index contributed by atoms with van der Waals surface area (Å²) in [6.45, 7) is 2.12. The molecule has 0 radical (unpaired) electrons. The van der Waals surface area contributed by atoms with Gasteiger partial charge >= 0.3 is 0 Å². The molecule has 1 aliphatic rings. The highest BCUT2D eigenvalue weighted by Crippen LogP contribution is 2.40. The van der Waals surface area contributed by atoms with Gasteiger partial charge in [-0.15, -0.1) is 11.8 Å².